The largest absolute Gasteiger partial charge is 0.444 e. The van der Waals surface area contributed by atoms with E-state index in [0.29, 0.717) is 31.2 Å². The van der Waals surface area contributed by atoms with Crippen LogP contribution in [0.5, 0.6) is 5.75 Å². The zero-order chi connectivity index (χ0) is 26.0. The van der Waals surface area contributed by atoms with Crippen molar-refractivity contribution in [1.29, 1.82) is 0 Å². The van der Waals surface area contributed by atoms with Crippen LogP contribution < -0.4 is 15.4 Å². The van der Waals surface area contributed by atoms with Gasteiger partial charge in [-0.2, -0.15) is 0 Å². The Balaban J connectivity index is 1.76. The predicted octanol–water partition coefficient (Wildman–Crippen LogP) is 5.88. The van der Waals surface area contributed by atoms with Crippen LogP contribution >= 0.6 is 0 Å². The van der Waals surface area contributed by atoms with Gasteiger partial charge in [0.15, 0.2) is 5.75 Å². The Labute approximate surface area is 215 Å². The lowest BCUT2D eigenvalue weighted by Gasteiger charge is -2.40. The zero-order valence-electron chi connectivity index (χ0n) is 22.6. The molecule has 0 aromatic heterocycles. The molecular weight excluding hydrogens is 454 g/mol. The summed E-state index contributed by atoms with van der Waals surface area (Å²) in [4.78, 5) is 27.0. The minimum atomic E-state index is -0.558. The summed E-state index contributed by atoms with van der Waals surface area (Å²) in [6.45, 7) is 13.6. The van der Waals surface area contributed by atoms with E-state index in [1.807, 2.05) is 37.8 Å². The van der Waals surface area contributed by atoms with Crippen molar-refractivity contribution >= 4 is 17.7 Å². The van der Waals surface area contributed by atoms with Gasteiger partial charge in [-0.15, -0.1) is 0 Å². The van der Waals surface area contributed by atoms with Crippen molar-refractivity contribution < 1.29 is 19.1 Å². The highest BCUT2D eigenvalue weighted by Crippen LogP contribution is 2.43. The molecule has 0 spiro atoms. The Morgan fingerprint density at radius 2 is 1.92 bits per heavy atom. The van der Waals surface area contributed by atoms with Gasteiger partial charge in [0, 0.05) is 32.1 Å². The van der Waals surface area contributed by atoms with Crippen molar-refractivity contribution in [1.82, 2.24) is 10.2 Å². The maximum absolute atomic E-state index is 13.2. The molecule has 1 saturated carbocycles. The summed E-state index contributed by atoms with van der Waals surface area (Å²) in [7, 11) is 0. The van der Waals surface area contributed by atoms with E-state index in [-0.39, 0.29) is 18.1 Å². The van der Waals surface area contributed by atoms with E-state index in [9.17, 15) is 9.59 Å². The summed E-state index contributed by atoms with van der Waals surface area (Å²) in [5, 5.41) is 7.18. The second-order valence-electron chi connectivity index (χ2n) is 11.1. The van der Waals surface area contributed by atoms with Crippen LogP contribution in [0.2, 0.25) is 0 Å². The number of nitrogens with one attached hydrogen (secondary N) is 2. The van der Waals surface area contributed by atoms with Gasteiger partial charge in [-0.25, -0.2) is 4.79 Å². The molecule has 196 valence electrons. The summed E-state index contributed by atoms with van der Waals surface area (Å²) in [5.74, 6) is 0.796. The number of hydrogen-bond donors (Lipinski definition) is 2. The third kappa shape index (κ3) is 6.12. The number of amides is 1. The summed E-state index contributed by atoms with van der Waals surface area (Å²) in [6, 6.07) is 6.02. The third-order valence-corrected chi connectivity index (χ3v) is 7.12. The minimum Gasteiger partial charge on any atom is -0.444 e. The number of anilines is 1. The first-order valence-corrected chi connectivity index (χ1v) is 13.3. The highest BCUT2D eigenvalue weighted by molar-refractivity contribution is 5.75. The van der Waals surface area contributed by atoms with Gasteiger partial charge in [-0.3, -0.25) is 9.69 Å². The van der Waals surface area contributed by atoms with Crippen LogP contribution in [0.15, 0.2) is 40.6 Å². The number of nitrogens with zero attached hydrogens (tertiary/aromatic N) is 1. The molecule has 7 nitrogen and oxygen atoms in total. The standard InChI is InChI=1S/C29H41N3O4/c1-7-18(2)22-12-14-30-17-25-27(22)24(13-15-32(25)28(34)36-29(4,5)6)31-23-11-10-21(20-8-9-20)16-26(23)35-19(3)33/h10-11,16,20,25,30-31H,7-9,12-15,17H2,1-6H3. The Morgan fingerprint density at radius 1 is 1.17 bits per heavy atom. The van der Waals surface area contributed by atoms with E-state index in [0.717, 1.165) is 36.3 Å². The number of benzene rings is 1. The van der Waals surface area contributed by atoms with Gasteiger partial charge in [-0.1, -0.05) is 18.6 Å². The molecule has 36 heavy (non-hydrogen) atoms. The van der Waals surface area contributed by atoms with E-state index in [1.165, 1.54) is 36.5 Å². The molecule has 0 bridgehead atoms. The van der Waals surface area contributed by atoms with Gasteiger partial charge >= 0.3 is 12.1 Å². The van der Waals surface area contributed by atoms with Crippen LogP contribution in [-0.2, 0) is 9.53 Å². The van der Waals surface area contributed by atoms with Crippen molar-refractivity contribution in [2.45, 2.75) is 91.2 Å². The summed E-state index contributed by atoms with van der Waals surface area (Å²) >= 11 is 0. The van der Waals surface area contributed by atoms with Gasteiger partial charge in [0.05, 0.1) is 11.7 Å². The molecule has 2 N–H and O–H groups in total. The van der Waals surface area contributed by atoms with Gasteiger partial charge in [0.2, 0.25) is 0 Å². The lowest BCUT2D eigenvalue weighted by molar-refractivity contribution is -0.131. The van der Waals surface area contributed by atoms with Gasteiger partial charge in [0.25, 0.3) is 0 Å². The van der Waals surface area contributed by atoms with Crippen LogP contribution in [0.3, 0.4) is 0 Å². The normalized spacial score (nSPS) is 21.9. The highest BCUT2D eigenvalue weighted by atomic mass is 16.6. The second-order valence-corrected chi connectivity index (χ2v) is 11.1. The highest BCUT2D eigenvalue weighted by Gasteiger charge is 2.38. The van der Waals surface area contributed by atoms with Crippen LogP contribution in [0.1, 0.15) is 85.1 Å². The first kappa shape index (κ1) is 26.3. The SMILES string of the molecule is CCC(C)=C1CCNCC2C1=C(Nc1ccc(C3CC3)cc1OC(C)=O)CCN2C(=O)OC(C)(C)C. The number of fused-ring (bicyclic) bond motifs is 1. The average Bonchev–Trinajstić information content (AvgIpc) is 3.65. The molecule has 1 aromatic carbocycles. The summed E-state index contributed by atoms with van der Waals surface area (Å²) in [6.07, 6.45) is 4.59. The lowest BCUT2D eigenvalue weighted by Crippen LogP contribution is -2.51. The maximum atomic E-state index is 13.2. The van der Waals surface area contributed by atoms with Crippen LogP contribution in [0, 0.1) is 0 Å². The molecule has 1 aliphatic carbocycles. The quantitative estimate of drug-likeness (QED) is 0.392. The smallest absolute Gasteiger partial charge is 0.410 e. The average molecular weight is 496 g/mol. The van der Waals surface area contributed by atoms with Crippen molar-refractivity contribution in [2.24, 2.45) is 0 Å². The Hall–Kier alpha value is -2.80. The Kier molecular flexibility index (Phi) is 7.79. The number of ether oxygens (including phenoxy) is 2. The number of carbonyl (C=O) groups is 2. The summed E-state index contributed by atoms with van der Waals surface area (Å²) < 4.78 is 11.4. The molecule has 1 aromatic rings. The topological polar surface area (TPSA) is 79.9 Å². The van der Waals surface area contributed by atoms with Crippen LogP contribution in [-0.4, -0.2) is 48.2 Å². The van der Waals surface area contributed by atoms with Crippen molar-refractivity contribution in [3.63, 3.8) is 0 Å². The van der Waals surface area contributed by atoms with Crippen LogP contribution in [0.25, 0.3) is 0 Å². The molecule has 2 fully saturated rings. The Morgan fingerprint density at radius 3 is 2.56 bits per heavy atom. The van der Waals surface area contributed by atoms with Crippen molar-refractivity contribution in [3.05, 3.63) is 46.2 Å². The fraction of sp³-hybridized carbons (Fsp3) is 0.586. The molecule has 0 radical (unpaired) electrons. The van der Waals surface area contributed by atoms with Gasteiger partial charge < -0.3 is 20.1 Å². The number of rotatable bonds is 5. The third-order valence-electron chi connectivity index (χ3n) is 7.12. The molecule has 3 aliphatic rings. The van der Waals surface area contributed by atoms with E-state index in [2.05, 4.69) is 30.5 Å². The molecule has 4 rings (SSSR count). The van der Waals surface area contributed by atoms with Crippen LogP contribution in [0.4, 0.5) is 10.5 Å². The van der Waals surface area contributed by atoms with E-state index in [4.69, 9.17) is 9.47 Å². The Bertz CT molecular complexity index is 1080. The zero-order valence-corrected chi connectivity index (χ0v) is 22.6. The number of allylic oxidation sites excluding steroid dienone is 1. The van der Waals surface area contributed by atoms with Gasteiger partial charge in [-0.05, 0) is 94.7 Å². The molecule has 1 saturated heterocycles. The first-order valence-electron chi connectivity index (χ1n) is 13.3. The molecule has 1 unspecified atom stereocenters. The monoisotopic (exact) mass is 495 g/mol. The van der Waals surface area contributed by atoms with E-state index >= 15 is 0 Å². The molecule has 1 atom stereocenters. The summed E-state index contributed by atoms with van der Waals surface area (Å²) in [5.41, 5.74) is 6.31. The lowest BCUT2D eigenvalue weighted by atomic mass is 9.86. The van der Waals surface area contributed by atoms with E-state index in [1.54, 1.807) is 0 Å². The van der Waals surface area contributed by atoms with E-state index < -0.39 is 5.60 Å². The molecule has 2 heterocycles. The fourth-order valence-corrected chi connectivity index (χ4v) is 5.10. The number of carbonyl (C=O) groups excluding carboxylic acids is 2. The minimum absolute atomic E-state index is 0.141. The van der Waals surface area contributed by atoms with Crippen molar-refractivity contribution in [2.75, 3.05) is 25.0 Å². The molecule has 1 amide bonds. The first-order chi connectivity index (χ1) is 17.1. The molecule has 7 heteroatoms. The molecular formula is C29H41N3O4. The fourth-order valence-electron chi connectivity index (χ4n) is 5.10. The van der Waals surface area contributed by atoms with Gasteiger partial charge in [0.1, 0.15) is 5.60 Å². The number of hydrogen-bond acceptors (Lipinski definition) is 6. The second kappa shape index (κ2) is 10.7. The maximum Gasteiger partial charge on any atom is 0.410 e. The molecule has 2 aliphatic heterocycles. The number of esters is 1. The van der Waals surface area contributed by atoms with Crippen molar-refractivity contribution in [3.8, 4) is 5.75 Å². The predicted molar refractivity (Wildman–Crippen MR) is 142 cm³/mol.